The second-order valence-electron chi connectivity index (χ2n) is 7.85. The van der Waals surface area contributed by atoms with Crippen LogP contribution in [0.5, 0.6) is 0 Å². The minimum Gasteiger partial charge on any atom is -0.444 e. The first-order chi connectivity index (χ1) is 15.7. The monoisotopic (exact) mass is 446 g/mol. The van der Waals surface area contributed by atoms with E-state index in [-0.39, 0.29) is 36.2 Å². The van der Waals surface area contributed by atoms with Gasteiger partial charge in [-0.1, -0.05) is 60.5 Å². The van der Waals surface area contributed by atoms with Crippen LogP contribution in [0.25, 0.3) is 16.8 Å². The second kappa shape index (κ2) is 10.3. The summed E-state index contributed by atoms with van der Waals surface area (Å²) in [7, 11) is 0. The number of nitrogens with one attached hydrogen (secondary N) is 1. The van der Waals surface area contributed by atoms with Crippen molar-refractivity contribution in [2.45, 2.75) is 26.4 Å². The number of aromatic nitrogens is 3. The minimum absolute atomic E-state index is 0. The topological polar surface area (TPSA) is 69.0 Å². The van der Waals surface area contributed by atoms with Gasteiger partial charge in [0.2, 0.25) is 0 Å². The standard InChI is InChI=1S/C26H23N4O2.Na/c1-18-25(27-26(31)32-17-19-5-3-2-4-6-19)30(29-28-18)24-15-13-23(14-16-24)22-11-9-21(10-12-22)20-7-8-20;/h2-6,9-16H,7-8,17H2,1H3,(H,27,31);/q-1;+1. The predicted molar refractivity (Wildman–Crippen MR) is 123 cm³/mol. The van der Waals surface area contributed by atoms with Crippen molar-refractivity contribution in [2.75, 3.05) is 5.32 Å². The molecule has 1 amide bonds. The third-order valence-electron chi connectivity index (χ3n) is 5.51. The molecule has 3 aromatic carbocycles. The Labute approximate surface area is 215 Å². The van der Waals surface area contributed by atoms with Gasteiger partial charge in [0.05, 0.1) is 5.69 Å². The average Bonchev–Trinajstić information content (AvgIpc) is 3.63. The van der Waals surface area contributed by atoms with E-state index in [4.69, 9.17) is 4.74 Å². The maximum absolute atomic E-state index is 12.3. The summed E-state index contributed by atoms with van der Waals surface area (Å²) in [5.41, 5.74) is 5.97. The van der Waals surface area contributed by atoms with Gasteiger partial charge in [-0.15, -0.1) is 17.2 Å². The molecule has 0 bridgehead atoms. The number of carbonyl (C=O) groups excluding carboxylic acids is 1. The van der Waals surface area contributed by atoms with E-state index in [1.54, 1.807) is 11.6 Å². The van der Waals surface area contributed by atoms with E-state index < -0.39 is 6.09 Å². The molecule has 1 heterocycles. The van der Waals surface area contributed by atoms with Crippen molar-refractivity contribution < 1.29 is 39.1 Å². The van der Waals surface area contributed by atoms with Crippen LogP contribution in [0.4, 0.5) is 10.6 Å². The summed E-state index contributed by atoms with van der Waals surface area (Å²) in [5.74, 6) is 2.03. The molecule has 0 atom stereocenters. The zero-order valence-corrected chi connectivity index (χ0v) is 20.8. The molecule has 1 N–H and O–H groups in total. The van der Waals surface area contributed by atoms with Crippen LogP contribution in [0.2, 0.25) is 0 Å². The van der Waals surface area contributed by atoms with E-state index in [2.05, 4.69) is 39.9 Å². The van der Waals surface area contributed by atoms with Crippen LogP contribution in [0.15, 0.2) is 78.9 Å². The summed E-state index contributed by atoms with van der Waals surface area (Å²) in [4.78, 5) is 12.3. The van der Waals surface area contributed by atoms with E-state index in [0.29, 0.717) is 11.5 Å². The number of ether oxygens (including phenoxy) is 1. The summed E-state index contributed by atoms with van der Waals surface area (Å²) in [5, 5.41) is 11.1. The SMILES string of the molecule is Cc1nnn(-c2ccc(-c3ccc([C-]4CC4)cc3)cc2)c1NC(=O)OCc1ccccc1.[Na+]. The maximum Gasteiger partial charge on any atom is 1.00 e. The minimum atomic E-state index is -0.550. The van der Waals surface area contributed by atoms with Crippen LogP contribution in [0.1, 0.15) is 29.7 Å². The van der Waals surface area contributed by atoms with Gasteiger partial charge in [-0.05, 0) is 35.7 Å². The Kier molecular flexibility index (Phi) is 7.18. The first kappa shape index (κ1) is 23.1. The largest absolute Gasteiger partial charge is 1.00 e. The summed E-state index contributed by atoms with van der Waals surface area (Å²) >= 11 is 0. The molecule has 0 unspecified atom stereocenters. The van der Waals surface area contributed by atoms with Crippen LogP contribution in [0.3, 0.4) is 0 Å². The zero-order valence-electron chi connectivity index (χ0n) is 18.8. The Hall–Kier alpha value is -3.06. The molecule has 160 valence electrons. The molecule has 4 aromatic rings. The van der Waals surface area contributed by atoms with Gasteiger partial charge in [-0.2, -0.15) is 28.3 Å². The Morgan fingerprint density at radius 2 is 1.61 bits per heavy atom. The molecule has 0 aliphatic heterocycles. The van der Waals surface area contributed by atoms with E-state index in [9.17, 15) is 4.79 Å². The van der Waals surface area contributed by atoms with Crippen molar-refractivity contribution in [1.82, 2.24) is 15.0 Å². The van der Waals surface area contributed by atoms with Crippen LogP contribution in [0, 0.1) is 12.8 Å². The van der Waals surface area contributed by atoms with Crippen LogP contribution in [-0.2, 0) is 11.3 Å². The Morgan fingerprint density at radius 3 is 2.24 bits per heavy atom. The first-order valence-corrected chi connectivity index (χ1v) is 10.6. The van der Waals surface area contributed by atoms with Crippen LogP contribution >= 0.6 is 0 Å². The molecule has 33 heavy (non-hydrogen) atoms. The summed E-state index contributed by atoms with van der Waals surface area (Å²) in [6.45, 7) is 1.99. The summed E-state index contributed by atoms with van der Waals surface area (Å²) in [6.07, 6.45) is 1.90. The third kappa shape index (κ3) is 5.47. The van der Waals surface area contributed by atoms with Gasteiger partial charge in [0.1, 0.15) is 12.3 Å². The van der Waals surface area contributed by atoms with Gasteiger partial charge in [0.25, 0.3) is 0 Å². The molecule has 0 saturated heterocycles. The number of carbonyl (C=O) groups is 1. The van der Waals surface area contributed by atoms with Crippen molar-refractivity contribution >= 4 is 11.9 Å². The molecule has 6 nitrogen and oxygen atoms in total. The first-order valence-electron chi connectivity index (χ1n) is 10.6. The van der Waals surface area contributed by atoms with Crippen molar-refractivity contribution in [3.05, 3.63) is 102 Å². The quantitative estimate of drug-likeness (QED) is 0.365. The Bertz CT molecular complexity index is 1220. The number of anilines is 1. The smallest absolute Gasteiger partial charge is 0.444 e. The van der Waals surface area contributed by atoms with E-state index in [1.807, 2.05) is 54.6 Å². The molecule has 1 fully saturated rings. The predicted octanol–water partition coefficient (Wildman–Crippen LogP) is 2.71. The molecule has 1 saturated carbocycles. The zero-order chi connectivity index (χ0) is 21.9. The number of nitrogens with zero attached hydrogens (tertiary/aromatic N) is 3. The number of rotatable bonds is 6. The molecule has 0 spiro atoms. The Balaban J connectivity index is 0.00000259. The normalized spacial score (nSPS) is 12.1. The maximum atomic E-state index is 12.3. The van der Waals surface area contributed by atoms with Crippen molar-refractivity contribution in [1.29, 1.82) is 0 Å². The van der Waals surface area contributed by atoms with E-state index >= 15 is 0 Å². The molecular weight excluding hydrogens is 423 g/mol. The van der Waals surface area contributed by atoms with Gasteiger partial charge in [-0.25, -0.2) is 4.79 Å². The van der Waals surface area contributed by atoms with E-state index in [1.165, 1.54) is 29.9 Å². The fourth-order valence-electron chi connectivity index (χ4n) is 3.58. The fraction of sp³-hybridized carbons (Fsp3) is 0.154. The number of aryl methyl sites for hydroxylation is 1. The van der Waals surface area contributed by atoms with Crippen LogP contribution in [-0.4, -0.2) is 21.1 Å². The van der Waals surface area contributed by atoms with Gasteiger partial charge < -0.3 is 4.74 Å². The molecule has 1 aliphatic rings. The van der Waals surface area contributed by atoms with Gasteiger partial charge in [0.15, 0.2) is 5.82 Å². The molecule has 5 rings (SSSR count). The number of hydrogen-bond acceptors (Lipinski definition) is 4. The van der Waals surface area contributed by atoms with Crippen molar-refractivity contribution in [2.24, 2.45) is 0 Å². The summed E-state index contributed by atoms with van der Waals surface area (Å²) in [6, 6.07) is 26.3. The molecule has 0 radical (unpaired) electrons. The van der Waals surface area contributed by atoms with Gasteiger partial charge >= 0.3 is 35.7 Å². The number of hydrogen-bond donors (Lipinski definition) is 1. The van der Waals surface area contributed by atoms with Crippen LogP contribution < -0.4 is 34.9 Å². The average molecular weight is 446 g/mol. The molecule has 1 aliphatic carbocycles. The van der Waals surface area contributed by atoms with Gasteiger partial charge in [0, 0.05) is 0 Å². The Morgan fingerprint density at radius 1 is 0.970 bits per heavy atom. The number of benzene rings is 3. The van der Waals surface area contributed by atoms with Gasteiger partial charge in [-0.3, -0.25) is 5.32 Å². The molecule has 1 aromatic heterocycles. The van der Waals surface area contributed by atoms with E-state index in [0.717, 1.165) is 16.8 Å². The second-order valence-corrected chi connectivity index (χ2v) is 7.85. The molecule has 7 heteroatoms. The number of amides is 1. The summed E-state index contributed by atoms with van der Waals surface area (Å²) < 4.78 is 6.94. The fourth-order valence-corrected chi connectivity index (χ4v) is 3.58. The van der Waals surface area contributed by atoms with Crippen molar-refractivity contribution in [3.8, 4) is 16.8 Å². The van der Waals surface area contributed by atoms with Crippen molar-refractivity contribution in [3.63, 3.8) is 0 Å². The third-order valence-corrected chi connectivity index (χ3v) is 5.51. The molecular formula is C26H23N4NaO2.